The van der Waals surface area contributed by atoms with E-state index < -0.39 is 0 Å². The highest BCUT2D eigenvalue weighted by Crippen LogP contribution is 2.23. The molecule has 1 aromatic rings. The molecule has 1 aliphatic rings. The summed E-state index contributed by atoms with van der Waals surface area (Å²) in [6.07, 6.45) is 1.98. The summed E-state index contributed by atoms with van der Waals surface area (Å²) >= 11 is 6.06. The molecule has 25 heavy (non-hydrogen) atoms. The lowest BCUT2D eigenvalue weighted by atomic mass is 9.86. The first kappa shape index (κ1) is 20.0. The van der Waals surface area contributed by atoms with Crippen LogP contribution < -0.4 is 11.1 Å². The van der Waals surface area contributed by atoms with Gasteiger partial charge in [0.1, 0.15) is 0 Å². The number of nitrogens with zero attached hydrogens (tertiary/aromatic N) is 2. The molecule has 3 N–H and O–H groups in total. The van der Waals surface area contributed by atoms with Crippen LogP contribution in [-0.4, -0.2) is 56.8 Å². The number of hydrogen-bond acceptors (Lipinski definition) is 3. The topological polar surface area (TPSA) is 62.9 Å². The second-order valence-electron chi connectivity index (χ2n) is 7.41. The van der Waals surface area contributed by atoms with Gasteiger partial charge >= 0.3 is 0 Å². The van der Waals surface area contributed by atoms with Crippen molar-refractivity contribution in [1.29, 1.82) is 0 Å². The monoisotopic (exact) mass is 366 g/mol. The van der Waals surface area contributed by atoms with Crippen molar-refractivity contribution < 1.29 is 4.74 Å². The first-order valence-electron chi connectivity index (χ1n) is 9.03. The van der Waals surface area contributed by atoms with Crippen molar-refractivity contribution in [3.05, 3.63) is 34.9 Å². The van der Waals surface area contributed by atoms with E-state index in [9.17, 15) is 0 Å². The molecule has 0 saturated carbocycles. The lowest BCUT2D eigenvalue weighted by Crippen LogP contribution is -2.39. The maximum atomic E-state index is 6.06. The fourth-order valence-corrected chi connectivity index (χ4v) is 3.17. The first-order valence-corrected chi connectivity index (χ1v) is 9.41. The molecule has 1 saturated heterocycles. The predicted octanol–water partition coefficient (Wildman–Crippen LogP) is 2.54. The van der Waals surface area contributed by atoms with Crippen LogP contribution >= 0.6 is 11.6 Å². The SMILES string of the molecule is CC(C)(CN=C(N)NCCCN1CCOCC1)Cc1cccc(Cl)c1. The number of rotatable bonds is 8. The van der Waals surface area contributed by atoms with E-state index in [1.807, 2.05) is 18.2 Å². The zero-order valence-electron chi connectivity index (χ0n) is 15.4. The minimum absolute atomic E-state index is 0.0325. The summed E-state index contributed by atoms with van der Waals surface area (Å²) in [5.74, 6) is 0.529. The molecule has 1 heterocycles. The van der Waals surface area contributed by atoms with Gasteiger partial charge in [0.2, 0.25) is 0 Å². The molecule has 0 aliphatic carbocycles. The average Bonchev–Trinajstić information content (AvgIpc) is 2.58. The van der Waals surface area contributed by atoms with Crippen LogP contribution in [0, 0.1) is 5.41 Å². The van der Waals surface area contributed by atoms with Gasteiger partial charge in [-0.15, -0.1) is 0 Å². The molecule has 0 atom stereocenters. The van der Waals surface area contributed by atoms with Gasteiger partial charge in [-0.3, -0.25) is 9.89 Å². The van der Waals surface area contributed by atoms with Gasteiger partial charge in [0.15, 0.2) is 5.96 Å². The number of morpholine rings is 1. The highest BCUT2D eigenvalue weighted by molar-refractivity contribution is 6.30. The van der Waals surface area contributed by atoms with Crippen LogP contribution in [0.25, 0.3) is 0 Å². The number of nitrogens with one attached hydrogen (secondary N) is 1. The van der Waals surface area contributed by atoms with E-state index in [4.69, 9.17) is 22.1 Å². The van der Waals surface area contributed by atoms with E-state index in [0.29, 0.717) is 12.5 Å². The number of guanidine groups is 1. The Labute approximate surface area is 156 Å². The number of hydrogen-bond donors (Lipinski definition) is 2. The van der Waals surface area contributed by atoms with Crippen molar-refractivity contribution in [2.45, 2.75) is 26.7 Å². The molecular formula is C19H31ClN4O. The smallest absolute Gasteiger partial charge is 0.188 e. The van der Waals surface area contributed by atoms with E-state index in [2.05, 4.69) is 35.1 Å². The molecule has 2 rings (SSSR count). The number of nitrogens with two attached hydrogens (primary N) is 1. The third kappa shape index (κ3) is 8.08. The van der Waals surface area contributed by atoms with Crippen molar-refractivity contribution in [3.8, 4) is 0 Å². The summed E-state index contributed by atoms with van der Waals surface area (Å²) in [6.45, 7) is 10.7. The van der Waals surface area contributed by atoms with Crippen LogP contribution in [0.3, 0.4) is 0 Å². The summed E-state index contributed by atoms with van der Waals surface area (Å²) in [4.78, 5) is 6.94. The number of halogens is 1. The molecule has 0 spiro atoms. The Bertz CT molecular complexity index is 556. The highest BCUT2D eigenvalue weighted by Gasteiger charge is 2.18. The molecule has 1 fully saturated rings. The minimum Gasteiger partial charge on any atom is -0.379 e. The molecule has 6 heteroatoms. The highest BCUT2D eigenvalue weighted by atomic mass is 35.5. The Balaban J connectivity index is 1.68. The van der Waals surface area contributed by atoms with Crippen molar-refractivity contribution in [3.63, 3.8) is 0 Å². The van der Waals surface area contributed by atoms with Gasteiger partial charge in [-0.1, -0.05) is 37.6 Å². The van der Waals surface area contributed by atoms with Gasteiger partial charge in [0, 0.05) is 31.2 Å². The van der Waals surface area contributed by atoms with E-state index in [1.165, 1.54) is 5.56 Å². The zero-order chi connectivity index (χ0) is 18.1. The van der Waals surface area contributed by atoms with Crippen LogP contribution in [0.15, 0.2) is 29.3 Å². The van der Waals surface area contributed by atoms with Gasteiger partial charge in [-0.2, -0.15) is 0 Å². The summed E-state index contributed by atoms with van der Waals surface area (Å²) in [5.41, 5.74) is 7.26. The third-order valence-electron chi connectivity index (χ3n) is 4.31. The van der Waals surface area contributed by atoms with E-state index in [-0.39, 0.29) is 5.41 Å². The summed E-state index contributed by atoms with van der Waals surface area (Å²) in [6, 6.07) is 8.00. The lowest BCUT2D eigenvalue weighted by Gasteiger charge is -2.26. The van der Waals surface area contributed by atoms with Crippen LogP contribution in [-0.2, 0) is 11.2 Å². The van der Waals surface area contributed by atoms with Gasteiger partial charge in [-0.25, -0.2) is 0 Å². The molecule has 0 bridgehead atoms. The van der Waals surface area contributed by atoms with Gasteiger partial charge in [-0.05, 0) is 42.5 Å². The molecule has 0 amide bonds. The lowest BCUT2D eigenvalue weighted by molar-refractivity contribution is 0.0376. The van der Waals surface area contributed by atoms with Crippen molar-refractivity contribution in [2.75, 3.05) is 45.9 Å². The molecule has 0 unspecified atom stereocenters. The van der Waals surface area contributed by atoms with Crippen LogP contribution in [0.4, 0.5) is 0 Å². The molecular weight excluding hydrogens is 336 g/mol. The normalized spacial score (nSPS) is 16.8. The number of ether oxygens (including phenoxy) is 1. The van der Waals surface area contributed by atoms with Gasteiger partial charge < -0.3 is 15.8 Å². The van der Waals surface area contributed by atoms with E-state index in [1.54, 1.807) is 0 Å². The molecule has 0 radical (unpaired) electrons. The standard InChI is InChI=1S/C19H31ClN4O/c1-19(2,14-16-5-3-6-17(20)13-16)15-23-18(21)22-7-4-8-24-9-11-25-12-10-24/h3,5-6,13H,4,7-12,14-15H2,1-2H3,(H3,21,22,23). The summed E-state index contributed by atoms with van der Waals surface area (Å²) in [7, 11) is 0. The fourth-order valence-electron chi connectivity index (χ4n) is 2.95. The quantitative estimate of drug-likeness (QED) is 0.421. The Morgan fingerprint density at radius 3 is 2.84 bits per heavy atom. The molecule has 0 aromatic heterocycles. The minimum atomic E-state index is 0.0325. The largest absolute Gasteiger partial charge is 0.379 e. The summed E-state index contributed by atoms with van der Waals surface area (Å²) in [5, 5.41) is 3.99. The first-order chi connectivity index (χ1) is 11.9. The van der Waals surface area contributed by atoms with Crippen molar-refractivity contribution >= 4 is 17.6 Å². The third-order valence-corrected chi connectivity index (χ3v) is 4.55. The molecule has 5 nitrogen and oxygen atoms in total. The zero-order valence-corrected chi connectivity index (χ0v) is 16.2. The number of benzene rings is 1. The second kappa shape index (κ2) is 10.00. The Kier molecular flexibility index (Phi) is 8.00. The molecule has 1 aromatic carbocycles. The van der Waals surface area contributed by atoms with Gasteiger partial charge in [0.25, 0.3) is 0 Å². The van der Waals surface area contributed by atoms with Gasteiger partial charge in [0.05, 0.1) is 13.2 Å². The van der Waals surface area contributed by atoms with E-state index >= 15 is 0 Å². The van der Waals surface area contributed by atoms with Crippen LogP contribution in [0.5, 0.6) is 0 Å². The summed E-state index contributed by atoms with van der Waals surface area (Å²) < 4.78 is 5.35. The predicted molar refractivity (Wildman–Crippen MR) is 105 cm³/mol. The Morgan fingerprint density at radius 1 is 1.36 bits per heavy atom. The number of aliphatic imine (C=N–C) groups is 1. The maximum Gasteiger partial charge on any atom is 0.188 e. The second-order valence-corrected chi connectivity index (χ2v) is 7.84. The van der Waals surface area contributed by atoms with Crippen molar-refractivity contribution in [2.24, 2.45) is 16.1 Å². The molecule has 1 aliphatic heterocycles. The maximum absolute atomic E-state index is 6.06. The van der Waals surface area contributed by atoms with Crippen molar-refractivity contribution in [1.82, 2.24) is 10.2 Å². The Hall–Kier alpha value is -1.30. The average molecular weight is 367 g/mol. The molecule has 140 valence electrons. The fraction of sp³-hybridized carbons (Fsp3) is 0.632. The van der Waals surface area contributed by atoms with Crippen LogP contribution in [0.2, 0.25) is 5.02 Å². The Morgan fingerprint density at radius 2 is 2.12 bits per heavy atom. The van der Waals surface area contributed by atoms with E-state index in [0.717, 1.165) is 57.3 Å². The van der Waals surface area contributed by atoms with Crippen LogP contribution in [0.1, 0.15) is 25.8 Å².